The summed E-state index contributed by atoms with van der Waals surface area (Å²) in [6, 6.07) is 7.23. The van der Waals surface area contributed by atoms with E-state index in [9.17, 15) is 9.59 Å². The normalized spacial score (nSPS) is 21.4. The average Bonchev–Trinajstić information content (AvgIpc) is 2.69. The SMILES string of the molecule is CCCC1CCC(c2ccc3c(c2N)C(=O)c2ccc(C)c(N)c2C3=O)CC1. The maximum atomic E-state index is 13.2. The van der Waals surface area contributed by atoms with E-state index in [0.717, 1.165) is 29.9 Å². The van der Waals surface area contributed by atoms with Gasteiger partial charge in [0.05, 0.1) is 11.1 Å². The van der Waals surface area contributed by atoms with Crippen LogP contribution in [-0.4, -0.2) is 11.6 Å². The van der Waals surface area contributed by atoms with Gasteiger partial charge in [-0.1, -0.05) is 31.9 Å². The molecule has 0 heterocycles. The number of aryl methyl sites for hydroxylation is 1. The molecule has 4 heteroatoms. The van der Waals surface area contributed by atoms with Crippen LogP contribution < -0.4 is 11.5 Å². The van der Waals surface area contributed by atoms with Gasteiger partial charge in [0.25, 0.3) is 0 Å². The van der Waals surface area contributed by atoms with Crippen LogP contribution in [0.15, 0.2) is 24.3 Å². The minimum Gasteiger partial charge on any atom is -0.398 e. The summed E-state index contributed by atoms with van der Waals surface area (Å²) >= 11 is 0. The molecule has 28 heavy (non-hydrogen) atoms. The summed E-state index contributed by atoms with van der Waals surface area (Å²) in [5.74, 6) is 0.790. The number of ketones is 2. The Morgan fingerprint density at radius 3 is 2.04 bits per heavy atom. The van der Waals surface area contributed by atoms with Crippen LogP contribution in [0.4, 0.5) is 11.4 Å². The Bertz CT molecular complexity index is 969. The summed E-state index contributed by atoms with van der Waals surface area (Å²) < 4.78 is 0. The molecule has 0 radical (unpaired) electrons. The predicted octanol–water partition coefficient (Wildman–Crippen LogP) is 5.01. The van der Waals surface area contributed by atoms with Gasteiger partial charge in [-0.15, -0.1) is 0 Å². The van der Waals surface area contributed by atoms with Gasteiger partial charge in [-0.2, -0.15) is 0 Å². The minimum absolute atomic E-state index is 0.185. The number of nitrogens with two attached hydrogens (primary N) is 2. The topological polar surface area (TPSA) is 86.2 Å². The fourth-order valence-corrected chi connectivity index (χ4v) is 5.02. The van der Waals surface area contributed by atoms with E-state index in [4.69, 9.17) is 11.5 Å². The molecule has 4 nitrogen and oxygen atoms in total. The second kappa shape index (κ2) is 7.08. The summed E-state index contributed by atoms with van der Waals surface area (Å²) in [5, 5.41) is 0. The van der Waals surface area contributed by atoms with Crippen LogP contribution in [0, 0.1) is 12.8 Å². The standard InChI is InChI=1S/C24H28N2O2/c1-3-4-14-6-8-15(9-7-14)16-11-12-18-20(22(16)26)24(28)17-10-5-13(2)21(25)19(17)23(18)27/h5,10-12,14-15H,3-4,6-9,25-26H2,1-2H3. The molecule has 1 saturated carbocycles. The van der Waals surface area contributed by atoms with Gasteiger partial charge >= 0.3 is 0 Å². The third kappa shape index (κ3) is 2.83. The highest BCUT2D eigenvalue weighted by Gasteiger charge is 2.35. The number of fused-ring (bicyclic) bond motifs is 2. The van der Waals surface area contributed by atoms with Gasteiger partial charge in [-0.25, -0.2) is 0 Å². The summed E-state index contributed by atoms with van der Waals surface area (Å²) in [5.41, 5.74) is 16.8. The number of anilines is 2. The number of carbonyl (C=O) groups excluding carboxylic acids is 2. The van der Waals surface area contributed by atoms with Gasteiger partial charge in [0.1, 0.15) is 0 Å². The van der Waals surface area contributed by atoms with Gasteiger partial charge in [0, 0.05) is 22.5 Å². The second-order valence-electron chi connectivity index (χ2n) is 8.37. The molecule has 1 fully saturated rings. The Hall–Kier alpha value is -2.62. The summed E-state index contributed by atoms with van der Waals surface area (Å²) in [4.78, 5) is 26.3. The van der Waals surface area contributed by atoms with Crippen LogP contribution >= 0.6 is 0 Å². The first-order valence-corrected chi connectivity index (χ1v) is 10.3. The zero-order valence-corrected chi connectivity index (χ0v) is 16.7. The summed E-state index contributed by atoms with van der Waals surface area (Å²) in [6.45, 7) is 4.08. The predicted molar refractivity (Wildman–Crippen MR) is 113 cm³/mol. The molecule has 2 aromatic carbocycles. The molecule has 2 aromatic rings. The van der Waals surface area contributed by atoms with Crippen LogP contribution in [0.5, 0.6) is 0 Å². The van der Waals surface area contributed by atoms with E-state index < -0.39 is 0 Å². The summed E-state index contributed by atoms with van der Waals surface area (Å²) in [7, 11) is 0. The average molecular weight is 377 g/mol. The quantitative estimate of drug-likeness (QED) is 0.629. The molecule has 0 aromatic heterocycles. The van der Waals surface area contributed by atoms with Gasteiger partial charge in [0.15, 0.2) is 11.6 Å². The number of nitrogen functional groups attached to an aromatic ring is 2. The van der Waals surface area contributed by atoms with E-state index in [-0.39, 0.29) is 11.6 Å². The van der Waals surface area contributed by atoms with Crippen molar-refractivity contribution < 1.29 is 9.59 Å². The molecule has 0 unspecified atom stereocenters. The number of rotatable bonds is 3. The van der Waals surface area contributed by atoms with Crippen LogP contribution in [-0.2, 0) is 0 Å². The Morgan fingerprint density at radius 2 is 1.43 bits per heavy atom. The van der Waals surface area contributed by atoms with Crippen molar-refractivity contribution in [3.05, 3.63) is 57.6 Å². The third-order valence-electron chi connectivity index (χ3n) is 6.67. The van der Waals surface area contributed by atoms with Crippen molar-refractivity contribution in [1.29, 1.82) is 0 Å². The number of hydrogen-bond acceptors (Lipinski definition) is 4. The fraction of sp³-hybridized carbons (Fsp3) is 0.417. The van der Waals surface area contributed by atoms with Crippen molar-refractivity contribution in [2.24, 2.45) is 5.92 Å². The van der Waals surface area contributed by atoms with E-state index in [1.807, 2.05) is 13.0 Å². The molecular formula is C24H28N2O2. The molecule has 0 saturated heterocycles. The lowest BCUT2D eigenvalue weighted by molar-refractivity contribution is 0.0980. The molecule has 0 aliphatic heterocycles. The van der Waals surface area contributed by atoms with Crippen LogP contribution in [0.1, 0.15) is 94.3 Å². The highest BCUT2D eigenvalue weighted by Crippen LogP contribution is 2.43. The first-order valence-electron chi connectivity index (χ1n) is 10.3. The van der Waals surface area contributed by atoms with Crippen molar-refractivity contribution in [1.82, 2.24) is 0 Å². The van der Waals surface area contributed by atoms with Crippen molar-refractivity contribution in [2.45, 2.75) is 58.3 Å². The first-order chi connectivity index (χ1) is 13.4. The maximum absolute atomic E-state index is 13.2. The molecule has 0 atom stereocenters. The van der Waals surface area contributed by atoms with Crippen molar-refractivity contribution in [3.63, 3.8) is 0 Å². The molecule has 0 spiro atoms. The van der Waals surface area contributed by atoms with Crippen LogP contribution in [0.3, 0.4) is 0 Å². The zero-order valence-electron chi connectivity index (χ0n) is 16.7. The van der Waals surface area contributed by atoms with E-state index in [0.29, 0.717) is 39.5 Å². The first kappa shape index (κ1) is 18.7. The summed E-state index contributed by atoms with van der Waals surface area (Å²) in [6.07, 6.45) is 7.13. The van der Waals surface area contributed by atoms with Gasteiger partial charge in [0.2, 0.25) is 0 Å². The third-order valence-corrected chi connectivity index (χ3v) is 6.67. The highest BCUT2D eigenvalue weighted by molar-refractivity contribution is 6.31. The van der Waals surface area contributed by atoms with Gasteiger partial charge in [-0.05, 0) is 67.7 Å². The molecular weight excluding hydrogens is 348 g/mol. The monoisotopic (exact) mass is 376 g/mol. The molecule has 146 valence electrons. The Balaban J connectivity index is 1.73. The second-order valence-corrected chi connectivity index (χ2v) is 8.37. The van der Waals surface area contributed by atoms with E-state index in [1.165, 1.54) is 25.7 Å². The van der Waals surface area contributed by atoms with Gasteiger partial charge < -0.3 is 11.5 Å². The lowest BCUT2D eigenvalue weighted by Gasteiger charge is -2.30. The Kier molecular flexibility index (Phi) is 4.74. The minimum atomic E-state index is -0.198. The largest absolute Gasteiger partial charge is 0.398 e. The van der Waals surface area contributed by atoms with E-state index in [2.05, 4.69) is 6.92 Å². The molecule has 0 bridgehead atoms. The van der Waals surface area contributed by atoms with Crippen molar-refractivity contribution in [3.8, 4) is 0 Å². The number of benzene rings is 2. The fourth-order valence-electron chi connectivity index (χ4n) is 5.02. The molecule has 4 N–H and O–H groups in total. The van der Waals surface area contributed by atoms with Gasteiger partial charge in [-0.3, -0.25) is 9.59 Å². The Labute approximate surface area is 166 Å². The number of carbonyl (C=O) groups is 2. The zero-order chi connectivity index (χ0) is 20.0. The smallest absolute Gasteiger partial charge is 0.196 e. The van der Waals surface area contributed by atoms with E-state index >= 15 is 0 Å². The maximum Gasteiger partial charge on any atom is 0.196 e. The van der Waals surface area contributed by atoms with Crippen LogP contribution in [0.25, 0.3) is 0 Å². The Morgan fingerprint density at radius 1 is 0.857 bits per heavy atom. The van der Waals surface area contributed by atoms with Crippen molar-refractivity contribution >= 4 is 22.9 Å². The van der Waals surface area contributed by atoms with Crippen LogP contribution in [0.2, 0.25) is 0 Å². The highest BCUT2D eigenvalue weighted by atomic mass is 16.1. The lowest BCUT2D eigenvalue weighted by Crippen LogP contribution is -2.25. The van der Waals surface area contributed by atoms with Crippen molar-refractivity contribution in [2.75, 3.05) is 11.5 Å². The van der Waals surface area contributed by atoms with E-state index in [1.54, 1.807) is 18.2 Å². The molecule has 2 aliphatic rings. The number of hydrogen-bond donors (Lipinski definition) is 2. The molecule has 4 rings (SSSR count). The lowest BCUT2D eigenvalue weighted by atomic mass is 9.74. The molecule has 0 amide bonds. The molecule has 2 aliphatic carbocycles.